The van der Waals surface area contributed by atoms with Gasteiger partial charge in [-0.15, -0.1) is 0 Å². The van der Waals surface area contributed by atoms with Gasteiger partial charge < -0.3 is 20.6 Å². The molecule has 0 fully saturated rings. The van der Waals surface area contributed by atoms with Gasteiger partial charge in [0.15, 0.2) is 0 Å². The summed E-state index contributed by atoms with van der Waals surface area (Å²) in [6, 6.07) is -1.24. The van der Waals surface area contributed by atoms with E-state index in [1.165, 1.54) is 25.7 Å². The SMILES string of the molecule is CCCCCCCCCC(O)CC(=O)NC(CCC(=O)O)C(=O)O. The Morgan fingerprint density at radius 2 is 1.50 bits per heavy atom. The van der Waals surface area contributed by atoms with E-state index in [4.69, 9.17) is 10.2 Å². The van der Waals surface area contributed by atoms with E-state index in [0.29, 0.717) is 6.42 Å². The van der Waals surface area contributed by atoms with Crippen molar-refractivity contribution in [2.24, 2.45) is 0 Å². The average Bonchev–Trinajstić information content (AvgIpc) is 2.50. The molecule has 1 amide bonds. The van der Waals surface area contributed by atoms with E-state index in [-0.39, 0.29) is 19.3 Å². The molecule has 0 aromatic heterocycles. The molecule has 0 aliphatic heterocycles. The summed E-state index contributed by atoms with van der Waals surface area (Å²) in [6.45, 7) is 2.16. The van der Waals surface area contributed by atoms with Crippen LogP contribution in [0.15, 0.2) is 0 Å². The number of carbonyl (C=O) groups is 3. The lowest BCUT2D eigenvalue weighted by molar-refractivity contribution is -0.143. The minimum absolute atomic E-state index is 0.160. The molecule has 0 saturated heterocycles. The van der Waals surface area contributed by atoms with Crippen molar-refractivity contribution in [1.29, 1.82) is 0 Å². The predicted octanol–water partition coefficient (Wildman–Crippen LogP) is 2.31. The van der Waals surface area contributed by atoms with Gasteiger partial charge in [-0.1, -0.05) is 51.9 Å². The zero-order chi connectivity index (χ0) is 18.4. The van der Waals surface area contributed by atoms with E-state index < -0.39 is 30.0 Å². The van der Waals surface area contributed by atoms with Crippen LogP contribution in [0.1, 0.15) is 77.6 Å². The van der Waals surface area contributed by atoms with Crippen LogP contribution >= 0.6 is 0 Å². The lowest BCUT2D eigenvalue weighted by Gasteiger charge is -2.15. The quantitative estimate of drug-likeness (QED) is 0.338. The number of aliphatic carboxylic acids is 2. The maximum Gasteiger partial charge on any atom is 0.326 e. The summed E-state index contributed by atoms with van der Waals surface area (Å²) < 4.78 is 0. The average molecular weight is 345 g/mol. The second kappa shape index (κ2) is 13.8. The molecule has 0 heterocycles. The Bertz CT molecular complexity index is 385. The molecule has 2 unspecified atom stereocenters. The Kier molecular flexibility index (Phi) is 12.8. The lowest BCUT2D eigenvalue weighted by atomic mass is 10.0. The second-order valence-corrected chi connectivity index (χ2v) is 6.16. The fourth-order valence-corrected chi connectivity index (χ4v) is 2.43. The largest absolute Gasteiger partial charge is 0.481 e. The Hall–Kier alpha value is -1.63. The summed E-state index contributed by atoms with van der Waals surface area (Å²) in [5.41, 5.74) is 0. The summed E-state index contributed by atoms with van der Waals surface area (Å²) in [7, 11) is 0. The fourth-order valence-electron chi connectivity index (χ4n) is 2.43. The monoisotopic (exact) mass is 345 g/mol. The zero-order valence-corrected chi connectivity index (χ0v) is 14.5. The van der Waals surface area contributed by atoms with Crippen LogP contribution in [0.4, 0.5) is 0 Å². The molecule has 0 aromatic carbocycles. The van der Waals surface area contributed by atoms with Gasteiger partial charge in [0.1, 0.15) is 6.04 Å². The van der Waals surface area contributed by atoms with Crippen LogP contribution in [0, 0.1) is 0 Å². The summed E-state index contributed by atoms with van der Waals surface area (Å²) in [4.78, 5) is 33.2. The molecule has 2 atom stereocenters. The summed E-state index contributed by atoms with van der Waals surface area (Å²) in [6.07, 6.45) is 6.88. The first kappa shape index (κ1) is 22.4. The van der Waals surface area contributed by atoms with Crippen molar-refractivity contribution in [3.8, 4) is 0 Å². The maximum atomic E-state index is 11.7. The predicted molar refractivity (Wildman–Crippen MR) is 89.7 cm³/mol. The molecule has 24 heavy (non-hydrogen) atoms. The Morgan fingerprint density at radius 3 is 2.04 bits per heavy atom. The van der Waals surface area contributed by atoms with Crippen molar-refractivity contribution in [2.75, 3.05) is 0 Å². The third-order valence-corrected chi connectivity index (χ3v) is 3.84. The Morgan fingerprint density at radius 1 is 0.917 bits per heavy atom. The number of aliphatic hydroxyl groups is 1. The first-order valence-electron chi connectivity index (χ1n) is 8.78. The van der Waals surface area contributed by atoms with Crippen LogP contribution < -0.4 is 5.32 Å². The zero-order valence-electron chi connectivity index (χ0n) is 14.5. The fraction of sp³-hybridized carbons (Fsp3) is 0.824. The molecule has 0 aliphatic rings. The first-order valence-corrected chi connectivity index (χ1v) is 8.78. The molecule has 0 rings (SSSR count). The number of nitrogens with one attached hydrogen (secondary N) is 1. The minimum Gasteiger partial charge on any atom is -0.481 e. The molecular formula is C17H31NO6. The van der Waals surface area contributed by atoms with Crippen molar-refractivity contribution in [3.63, 3.8) is 0 Å². The number of carboxylic acid groups (broad SMARTS) is 2. The first-order chi connectivity index (χ1) is 11.4. The maximum absolute atomic E-state index is 11.7. The molecular weight excluding hydrogens is 314 g/mol. The van der Waals surface area contributed by atoms with Gasteiger partial charge in [-0.2, -0.15) is 0 Å². The number of carboxylic acids is 2. The van der Waals surface area contributed by atoms with Crippen molar-refractivity contribution in [2.45, 2.75) is 89.7 Å². The van der Waals surface area contributed by atoms with Gasteiger partial charge in [0, 0.05) is 6.42 Å². The number of carbonyl (C=O) groups excluding carboxylic acids is 1. The number of aliphatic hydroxyl groups excluding tert-OH is 1. The second-order valence-electron chi connectivity index (χ2n) is 6.16. The van der Waals surface area contributed by atoms with Crippen LogP contribution in [-0.4, -0.2) is 45.3 Å². The number of amides is 1. The highest BCUT2D eigenvalue weighted by Gasteiger charge is 2.22. The number of hydrogen-bond donors (Lipinski definition) is 4. The van der Waals surface area contributed by atoms with Gasteiger partial charge in [0.05, 0.1) is 12.5 Å². The summed E-state index contributed by atoms with van der Waals surface area (Å²) >= 11 is 0. The normalized spacial score (nSPS) is 13.2. The molecule has 0 bridgehead atoms. The van der Waals surface area contributed by atoms with Crippen LogP contribution in [0.25, 0.3) is 0 Å². The molecule has 0 aliphatic carbocycles. The molecule has 0 spiro atoms. The summed E-state index contributed by atoms with van der Waals surface area (Å²) in [5.74, 6) is -2.95. The Balaban J connectivity index is 3.90. The van der Waals surface area contributed by atoms with Crippen molar-refractivity contribution < 1.29 is 29.7 Å². The molecule has 140 valence electrons. The number of hydrogen-bond acceptors (Lipinski definition) is 4. The molecule has 0 aromatic rings. The van der Waals surface area contributed by atoms with Crippen molar-refractivity contribution in [3.05, 3.63) is 0 Å². The molecule has 4 N–H and O–H groups in total. The van der Waals surface area contributed by atoms with E-state index >= 15 is 0 Å². The van der Waals surface area contributed by atoms with Gasteiger partial charge in [-0.25, -0.2) is 4.79 Å². The van der Waals surface area contributed by atoms with Crippen molar-refractivity contribution in [1.82, 2.24) is 5.32 Å². The lowest BCUT2D eigenvalue weighted by Crippen LogP contribution is -2.42. The molecule has 0 saturated carbocycles. The Labute approximate surface area is 143 Å². The van der Waals surface area contributed by atoms with E-state index in [0.717, 1.165) is 19.3 Å². The third kappa shape index (κ3) is 12.9. The van der Waals surface area contributed by atoms with E-state index in [9.17, 15) is 19.5 Å². The molecule has 0 radical (unpaired) electrons. The van der Waals surface area contributed by atoms with Crippen LogP contribution in [-0.2, 0) is 14.4 Å². The van der Waals surface area contributed by atoms with Gasteiger partial charge in [-0.05, 0) is 12.8 Å². The molecule has 7 heteroatoms. The smallest absolute Gasteiger partial charge is 0.326 e. The highest BCUT2D eigenvalue weighted by atomic mass is 16.4. The summed E-state index contributed by atoms with van der Waals surface area (Å²) in [5, 5.41) is 29.6. The van der Waals surface area contributed by atoms with Crippen LogP contribution in [0.3, 0.4) is 0 Å². The highest BCUT2D eigenvalue weighted by molar-refractivity contribution is 5.84. The van der Waals surface area contributed by atoms with Gasteiger partial charge in [0.2, 0.25) is 5.91 Å². The van der Waals surface area contributed by atoms with E-state index in [1.807, 2.05) is 0 Å². The topological polar surface area (TPSA) is 124 Å². The molecule has 7 nitrogen and oxygen atoms in total. The number of unbranched alkanes of at least 4 members (excludes halogenated alkanes) is 6. The van der Waals surface area contributed by atoms with Gasteiger partial charge >= 0.3 is 11.9 Å². The number of rotatable bonds is 15. The van der Waals surface area contributed by atoms with E-state index in [1.54, 1.807) is 0 Å². The minimum atomic E-state index is -1.27. The third-order valence-electron chi connectivity index (χ3n) is 3.84. The van der Waals surface area contributed by atoms with Crippen LogP contribution in [0.2, 0.25) is 0 Å². The standard InChI is InChI=1S/C17H31NO6/c1-2-3-4-5-6-7-8-9-13(19)12-15(20)18-14(17(23)24)10-11-16(21)22/h13-14,19H,2-12H2,1H3,(H,18,20)(H,21,22)(H,23,24). The van der Waals surface area contributed by atoms with Crippen LogP contribution in [0.5, 0.6) is 0 Å². The highest BCUT2D eigenvalue weighted by Crippen LogP contribution is 2.11. The van der Waals surface area contributed by atoms with E-state index in [2.05, 4.69) is 12.2 Å². The van der Waals surface area contributed by atoms with Gasteiger partial charge in [-0.3, -0.25) is 9.59 Å². The van der Waals surface area contributed by atoms with Gasteiger partial charge in [0.25, 0.3) is 0 Å². The van der Waals surface area contributed by atoms with Crippen molar-refractivity contribution >= 4 is 17.8 Å².